The Hall–Kier alpha value is -4.59. The first-order chi connectivity index (χ1) is 16.5. The third-order valence-electron chi connectivity index (χ3n) is 5.33. The van der Waals surface area contributed by atoms with E-state index in [4.69, 9.17) is 9.47 Å². The molecule has 0 bridgehead atoms. The molecule has 2 amide bonds. The number of para-hydroxylation sites is 1. The minimum absolute atomic E-state index is 0.152. The summed E-state index contributed by atoms with van der Waals surface area (Å²) in [7, 11) is 0. The van der Waals surface area contributed by atoms with Crippen LogP contribution < -0.4 is 25.4 Å². The van der Waals surface area contributed by atoms with Gasteiger partial charge in [0, 0.05) is 30.2 Å². The van der Waals surface area contributed by atoms with Gasteiger partial charge in [-0.2, -0.15) is 0 Å². The summed E-state index contributed by atoms with van der Waals surface area (Å²) in [4.78, 5) is 29.0. The summed E-state index contributed by atoms with van der Waals surface area (Å²) < 4.78 is 10.8. The highest BCUT2D eigenvalue weighted by molar-refractivity contribution is 6.13. The van der Waals surface area contributed by atoms with Crippen LogP contribution in [0.25, 0.3) is 10.9 Å². The van der Waals surface area contributed by atoms with Crippen molar-refractivity contribution in [2.24, 2.45) is 0 Å². The average molecular weight is 454 g/mol. The summed E-state index contributed by atoms with van der Waals surface area (Å²) in [6.07, 6.45) is 0. The Morgan fingerprint density at radius 1 is 0.882 bits per heavy atom. The first-order valence-corrected chi connectivity index (χ1v) is 10.8. The molecule has 0 spiro atoms. The molecule has 0 saturated carbocycles. The molecule has 8 heteroatoms. The first kappa shape index (κ1) is 21.3. The van der Waals surface area contributed by atoms with Crippen LogP contribution in [0.5, 0.6) is 11.5 Å². The number of rotatable bonds is 6. The zero-order valence-corrected chi connectivity index (χ0v) is 18.4. The van der Waals surface area contributed by atoms with Crippen LogP contribution in [0.3, 0.4) is 0 Å². The smallest absolute Gasteiger partial charge is 0.256 e. The average Bonchev–Trinajstić information content (AvgIpc) is 3.31. The number of carbonyl (C=O) groups excluding carboxylic acids is 2. The zero-order chi connectivity index (χ0) is 23.5. The SMILES string of the molecule is CC(=O)Nc1ccc(NC(=O)c2cc(NCc3ccc4c(c3)OCO4)nc3ccccc23)cc1. The second-order valence-corrected chi connectivity index (χ2v) is 7.83. The van der Waals surface area contributed by atoms with E-state index in [2.05, 4.69) is 20.9 Å². The number of pyridine rings is 1. The zero-order valence-electron chi connectivity index (χ0n) is 18.4. The number of nitrogens with one attached hydrogen (secondary N) is 3. The van der Waals surface area contributed by atoms with Gasteiger partial charge in [0.2, 0.25) is 12.7 Å². The number of amides is 2. The molecule has 1 aliphatic heterocycles. The minimum Gasteiger partial charge on any atom is -0.454 e. The van der Waals surface area contributed by atoms with Crippen LogP contribution in [0.4, 0.5) is 17.2 Å². The Balaban J connectivity index is 1.37. The highest BCUT2D eigenvalue weighted by Gasteiger charge is 2.15. The molecule has 0 fully saturated rings. The molecule has 0 radical (unpaired) electrons. The quantitative estimate of drug-likeness (QED) is 0.387. The molecule has 4 aromatic rings. The standard InChI is InChI=1S/C26H22N4O4/c1-16(31)28-18-7-9-19(10-8-18)29-26(32)21-13-25(30-22-5-3-2-4-20(21)22)27-14-17-6-11-23-24(12-17)34-15-33-23/h2-13H,14-15H2,1H3,(H,27,30)(H,28,31)(H,29,32). The van der Waals surface area contributed by atoms with Gasteiger partial charge in [-0.3, -0.25) is 9.59 Å². The number of ether oxygens (including phenoxy) is 2. The van der Waals surface area contributed by atoms with E-state index in [-0.39, 0.29) is 18.6 Å². The van der Waals surface area contributed by atoms with Crippen LogP contribution in [0, 0.1) is 0 Å². The van der Waals surface area contributed by atoms with E-state index in [0.29, 0.717) is 34.8 Å². The van der Waals surface area contributed by atoms with E-state index in [1.807, 2.05) is 42.5 Å². The molecular weight excluding hydrogens is 432 g/mol. The van der Waals surface area contributed by atoms with Gasteiger partial charge in [-0.05, 0) is 54.1 Å². The summed E-state index contributed by atoms with van der Waals surface area (Å²) in [5.74, 6) is 1.63. The molecule has 0 aliphatic carbocycles. The Kier molecular flexibility index (Phi) is 5.70. The van der Waals surface area contributed by atoms with Crippen LogP contribution in [-0.2, 0) is 11.3 Å². The van der Waals surface area contributed by atoms with E-state index in [1.165, 1.54) is 6.92 Å². The summed E-state index contributed by atoms with van der Waals surface area (Å²) >= 11 is 0. The van der Waals surface area contributed by atoms with Gasteiger partial charge >= 0.3 is 0 Å². The van der Waals surface area contributed by atoms with Crippen molar-refractivity contribution in [3.05, 3.63) is 83.9 Å². The van der Waals surface area contributed by atoms with Crippen molar-refractivity contribution >= 4 is 39.9 Å². The second-order valence-electron chi connectivity index (χ2n) is 7.83. The molecule has 1 aromatic heterocycles. The van der Waals surface area contributed by atoms with Gasteiger partial charge in [0.05, 0.1) is 11.1 Å². The van der Waals surface area contributed by atoms with Gasteiger partial charge in [0.15, 0.2) is 11.5 Å². The molecule has 2 heterocycles. The number of fused-ring (bicyclic) bond motifs is 2. The largest absolute Gasteiger partial charge is 0.454 e. The van der Waals surface area contributed by atoms with Crippen molar-refractivity contribution in [3.8, 4) is 11.5 Å². The molecule has 3 aromatic carbocycles. The molecule has 0 saturated heterocycles. The predicted octanol–water partition coefficient (Wildman–Crippen LogP) is 4.79. The van der Waals surface area contributed by atoms with E-state index >= 15 is 0 Å². The first-order valence-electron chi connectivity index (χ1n) is 10.8. The summed E-state index contributed by atoms with van der Waals surface area (Å²) in [5, 5.41) is 9.68. The van der Waals surface area contributed by atoms with E-state index in [0.717, 1.165) is 22.4 Å². The fraction of sp³-hybridized carbons (Fsp3) is 0.115. The molecule has 0 unspecified atom stereocenters. The molecule has 170 valence electrons. The molecule has 8 nitrogen and oxygen atoms in total. The van der Waals surface area contributed by atoms with Crippen LogP contribution in [0.1, 0.15) is 22.8 Å². The summed E-state index contributed by atoms with van der Waals surface area (Å²) in [6, 6.07) is 22.0. The lowest BCUT2D eigenvalue weighted by Crippen LogP contribution is -2.14. The van der Waals surface area contributed by atoms with Gasteiger partial charge in [0.25, 0.3) is 5.91 Å². The number of benzene rings is 3. The van der Waals surface area contributed by atoms with Crippen LogP contribution in [-0.4, -0.2) is 23.6 Å². The number of nitrogens with zero attached hydrogens (tertiary/aromatic N) is 1. The van der Waals surface area contributed by atoms with Gasteiger partial charge in [0.1, 0.15) is 5.82 Å². The van der Waals surface area contributed by atoms with Crippen molar-refractivity contribution < 1.29 is 19.1 Å². The van der Waals surface area contributed by atoms with Crippen molar-refractivity contribution in [2.75, 3.05) is 22.7 Å². The van der Waals surface area contributed by atoms with Crippen LogP contribution in [0.15, 0.2) is 72.8 Å². The molecule has 1 aliphatic rings. The van der Waals surface area contributed by atoms with Gasteiger partial charge in [-0.25, -0.2) is 4.98 Å². The maximum absolute atomic E-state index is 13.2. The van der Waals surface area contributed by atoms with E-state index in [1.54, 1.807) is 30.3 Å². The van der Waals surface area contributed by atoms with Crippen molar-refractivity contribution in [2.45, 2.75) is 13.5 Å². The van der Waals surface area contributed by atoms with Crippen molar-refractivity contribution in [1.82, 2.24) is 4.98 Å². The lowest BCUT2D eigenvalue weighted by molar-refractivity contribution is -0.114. The number of carbonyl (C=O) groups is 2. The highest BCUT2D eigenvalue weighted by Crippen LogP contribution is 2.32. The number of anilines is 3. The third-order valence-corrected chi connectivity index (χ3v) is 5.33. The van der Waals surface area contributed by atoms with Gasteiger partial charge < -0.3 is 25.4 Å². The fourth-order valence-electron chi connectivity index (χ4n) is 3.74. The van der Waals surface area contributed by atoms with Gasteiger partial charge in [-0.15, -0.1) is 0 Å². The summed E-state index contributed by atoms with van der Waals surface area (Å²) in [6.45, 7) is 2.18. The Morgan fingerprint density at radius 3 is 2.41 bits per heavy atom. The normalized spacial score (nSPS) is 11.8. The van der Waals surface area contributed by atoms with E-state index < -0.39 is 0 Å². The van der Waals surface area contributed by atoms with Crippen LogP contribution >= 0.6 is 0 Å². The predicted molar refractivity (Wildman–Crippen MR) is 130 cm³/mol. The Morgan fingerprint density at radius 2 is 1.62 bits per heavy atom. The molecule has 0 atom stereocenters. The lowest BCUT2D eigenvalue weighted by Gasteiger charge is -2.12. The third kappa shape index (κ3) is 4.61. The van der Waals surface area contributed by atoms with E-state index in [9.17, 15) is 9.59 Å². The van der Waals surface area contributed by atoms with Gasteiger partial charge in [-0.1, -0.05) is 24.3 Å². The Labute approximate surface area is 195 Å². The maximum atomic E-state index is 13.2. The van der Waals surface area contributed by atoms with Crippen molar-refractivity contribution in [1.29, 1.82) is 0 Å². The fourth-order valence-corrected chi connectivity index (χ4v) is 3.74. The van der Waals surface area contributed by atoms with Crippen molar-refractivity contribution in [3.63, 3.8) is 0 Å². The molecule has 5 rings (SSSR count). The molecule has 3 N–H and O–H groups in total. The highest BCUT2D eigenvalue weighted by atomic mass is 16.7. The molecule has 34 heavy (non-hydrogen) atoms. The topological polar surface area (TPSA) is 102 Å². The molecular formula is C26H22N4O4. The monoisotopic (exact) mass is 454 g/mol. The van der Waals surface area contributed by atoms with Crippen LogP contribution in [0.2, 0.25) is 0 Å². The number of hydrogen-bond acceptors (Lipinski definition) is 6. The minimum atomic E-state index is -0.253. The Bertz CT molecular complexity index is 1390. The number of aromatic nitrogens is 1. The number of hydrogen-bond donors (Lipinski definition) is 3. The second kappa shape index (κ2) is 9.11. The lowest BCUT2D eigenvalue weighted by atomic mass is 10.1. The maximum Gasteiger partial charge on any atom is 0.256 e. The summed E-state index contributed by atoms with van der Waals surface area (Å²) in [5.41, 5.74) is 3.50.